The fourth-order valence-electron chi connectivity index (χ4n) is 2.42. The van der Waals surface area contributed by atoms with Crippen molar-refractivity contribution in [2.45, 2.75) is 31.5 Å². The van der Waals surface area contributed by atoms with E-state index in [1.165, 1.54) is 23.8 Å². The maximum absolute atomic E-state index is 5.86. The van der Waals surface area contributed by atoms with Crippen molar-refractivity contribution < 1.29 is 9.47 Å². The topological polar surface area (TPSA) is 43.4 Å². The first kappa shape index (κ1) is 12.1. The van der Waals surface area contributed by atoms with Crippen molar-refractivity contribution in [3.05, 3.63) is 35.9 Å². The monoisotopic (exact) mass is 270 g/mol. The standard InChI is InChI=1S/C16H18N2O2/c1-2-4-15-14(3-1)11(8-17-12-5-6-12)7-16(18-15)20-13-9-19-10-13/h1-4,7,12-13,17H,5-6,8-10H2. The van der Waals surface area contributed by atoms with Crippen LogP contribution in [0.2, 0.25) is 0 Å². The molecule has 104 valence electrons. The molecular weight excluding hydrogens is 252 g/mol. The lowest BCUT2D eigenvalue weighted by molar-refractivity contribution is -0.0812. The SMILES string of the molecule is c1ccc2c(CNC3CC3)cc(OC3COC3)nc2c1. The molecule has 20 heavy (non-hydrogen) atoms. The first-order chi connectivity index (χ1) is 9.88. The molecule has 1 aliphatic heterocycles. The van der Waals surface area contributed by atoms with Gasteiger partial charge in [0.2, 0.25) is 5.88 Å². The molecule has 0 atom stereocenters. The first-order valence-corrected chi connectivity index (χ1v) is 7.25. The predicted octanol–water partition coefficient (Wildman–Crippen LogP) is 2.26. The van der Waals surface area contributed by atoms with Crippen LogP contribution < -0.4 is 10.1 Å². The Morgan fingerprint density at radius 2 is 2.10 bits per heavy atom. The number of nitrogens with one attached hydrogen (secondary N) is 1. The van der Waals surface area contributed by atoms with E-state index in [-0.39, 0.29) is 6.10 Å². The molecule has 2 aliphatic rings. The molecule has 0 bridgehead atoms. The highest BCUT2D eigenvalue weighted by molar-refractivity contribution is 5.82. The molecule has 1 saturated heterocycles. The van der Waals surface area contributed by atoms with Crippen molar-refractivity contribution in [1.29, 1.82) is 0 Å². The molecule has 1 aromatic carbocycles. The van der Waals surface area contributed by atoms with Crippen LogP contribution >= 0.6 is 0 Å². The molecule has 4 heteroatoms. The molecule has 0 radical (unpaired) electrons. The van der Waals surface area contributed by atoms with Crippen molar-refractivity contribution >= 4 is 10.9 Å². The number of hydrogen-bond donors (Lipinski definition) is 1. The van der Waals surface area contributed by atoms with Gasteiger partial charge in [0.15, 0.2) is 0 Å². The Hall–Kier alpha value is -1.65. The summed E-state index contributed by atoms with van der Waals surface area (Å²) in [4.78, 5) is 4.59. The quantitative estimate of drug-likeness (QED) is 0.905. The van der Waals surface area contributed by atoms with Gasteiger partial charge in [-0.3, -0.25) is 0 Å². The summed E-state index contributed by atoms with van der Waals surface area (Å²) in [5, 5.41) is 4.77. The van der Waals surface area contributed by atoms with Gasteiger partial charge in [-0.2, -0.15) is 0 Å². The number of benzene rings is 1. The van der Waals surface area contributed by atoms with E-state index in [1.54, 1.807) is 0 Å². The molecule has 1 aromatic heterocycles. The highest BCUT2D eigenvalue weighted by Crippen LogP contribution is 2.25. The van der Waals surface area contributed by atoms with Crippen molar-refractivity contribution in [3.8, 4) is 5.88 Å². The smallest absolute Gasteiger partial charge is 0.214 e. The largest absolute Gasteiger partial charge is 0.469 e. The maximum Gasteiger partial charge on any atom is 0.214 e. The first-order valence-electron chi connectivity index (χ1n) is 7.25. The third-order valence-electron chi connectivity index (χ3n) is 3.83. The van der Waals surface area contributed by atoms with E-state index in [1.807, 2.05) is 12.1 Å². The number of aromatic nitrogens is 1. The van der Waals surface area contributed by atoms with Crippen molar-refractivity contribution in [2.24, 2.45) is 0 Å². The zero-order chi connectivity index (χ0) is 13.4. The van der Waals surface area contributed by atoms with Crippen LogP contribution in [-0.2, 0) is 11.3 Å². The summed E-state index contributed by atoms with van der Waals surface area (Å²) in [6.07, 6.45) is 2.75. The molecular formula is C16H18N2O2. The normalized spacial score (nSPS) is 19.0. The minimum Gasteiger partial charge on any atom is -0.469 e. The lowest BCUT2D eigenvalue weighted by Gasteiger charge is -2.26. The Balaban J connectivity index is 1.64. The molecule has 0 unspecified atom stereocenters. The number of fused-ring (bicyclic) bond motifs is 1. The van der Waals surface area contributed by atoms with Crippen LogP contribution in [0.4, 0.5) is 0 Å². The van der Waals surface area contributed by atoms with E-state index >= 15 is 0 Å². The molecule has 1 aliphatic carbocycles. The fraction of sp³-hybridized carbons (Fsp3) is 0.438. The lowest BCUT2D eigenvalue weighted by atomic mass is 10.1. The van der Waals surface area contributed by atoms with Gasteiger partial charge in [-0.05, 0) is 24.5 Å². The second kappa shape index (κ2) is 5.04. The third-order valence-corrected chi connectivity index (χ3v) is 3.83. The molecule has 0 amide bonds. The molecule has 2 aromatic rings. The molecule has 4 rings (SSSR count). The van der Waals surface area contributed by atoms with Crippen molar-refractivity contribution in [3.63, 3.8) is 0 Å². The highest BCUT2D eigenvalue weighted by atomic mass is 16.6. The highest BCUT2D eigenvalue weighted by Gasteiger charge is 2.22. The maximum atomic E-state index is 5.86. The van der Waals surface area contributed by atoms with E-state index in [2.05, 4.69) is 28.5 Å². The van der Waals surface area contributed by atoms with Gasteiger partial charge in [-0.25, -0.2) is 4.98 Å². The minimum atomic E-state index is 0.160. The molecule has 2 fully saturated rings. The molecule has 1 saturated carbocycles. The number of ether oxygens (including phenoxy) is 2. The van der Waals surface area contributed by atoms with Crippen molar-refractivity contribution in [1.82, 2.24) is 10.3 Å². The second-order valence-corrected chi connectivity index (χ2v) is 5.57. The number of hydrogen-bond acceptors (Lipinski definition) is 4. The summed E-state index contributed by atoms with van der Waals surface area (Å²) in [5.74, 6) is 0.713. The predicted molar refractivity (Wildman–Crippen MR) is 76.8 cm³/mol. The fourth-order valence-corrected chi connectivity index (χ4v) is 2.42. The van der Waals surface area contributed by atoms with Crippen LogP contribution in [-0.4, -0.2) is 30.3 Å². The van der Waals surface area contributed by atoms with Crippen LogP contribution in [0.5, 0.6) is 5.88 Å². The Kier molecular flexibility index (Phi) is 3.05. The Bertz CT molecular complexity index is 621. The zero-order valence-corrected chi connectivity index (χ0v) is 11.3. The number of rotatable bonds is 5. The second-order valence-electron chi connectivity index (χ2n) is 5.57. The average Bonchev–Trinajstić information content (AvgIpc) is 3.24. The van der Waals surface area contributed by atoms with Crippen LogP contribution in [0.3, 0.4) is 0 Å². The summed E-state index contributed by atoms with van der Waals surface area (Å²) in [6, 6.07) is 11.0. The molecule has 1 N–H and O–H groups in total. The minimum absolute atomic E-state index is 0.160. The summed E-state index contributed by atoms with van der Waals surface area (Å²) >= 11 is 0. The van der Waals surface area contributed by atoms with Crippen LogP contribution in [0.1, 0.15) is 18.4 Å². The Morgan fingerprint density at radius 1 is 1.25 bits per heavy atom. The van der Waals surface area contributed by atoms with E-state index in [0.29, 0.717) is 25.1 Å². The summed E-state index contributed by atoms with van der Waals surface area (Å²) in [6.45, 7) is 2.22. The van der Waals surface area contributed by atoms with Gasteiger partial charge in [0.05, 0.1) is 18.7 Å². The van der Waals surface area contributed by atoms with E-state index in [4.69, 9.17) is 9.47 Å². The zero-order valence-electron chi connectivity index (χ0n) is 11.3. The van der Waals surface area contributed by atoms with Crippen LogP contribution in [0, 0.1) is 0 Å². The number of para-hydroxylation sites is 1. The van der Waals surface area contributed by atoms with Gasteiger partial charge in [-0.15, -0.1) is 0 Å². The van der Waals surface area contributed by atoms with Gasteiger partial charge in [-0.1, -0.05) is 18.2 Å². The summed E-state index contributed by atoms with van der Waals surface area (Å²) < 4.78 is 11.0. The van der Waals surface area contributed by atoms with Crippen LogP contribution in [0.25, 0.3) is 10.9 Å². The number of pyridine rings is 1. The van der Waals surface area contributed by atoms with E-state index in [9.17, 15) is 0 Å². The van der Waals surface area contributed by atoms with Gasteiger partial charge in [0.25, 0.3) is 0 Å². The van der Waals surface area contributed by atoms with Gasteiger partial charge in [0.1, 0.15) is 6.10 Å². The van der Waals surface area contributed by atoms with Gasteiger partial charge >= 0.3 is 0 Å². The van der Waals surface area contributed by atoms with Crippen LogP contribution in [0.15, 0.2) is 30.3 Å². The Labute approximate surface area is 118 Å². The summed E-state index contributed by atoms with van der Waals surface area (Å²) in [7, 11) is 0. The summed E-state index contributed by atoms with van der Waals surface area (Å²) in [5.41, 5.74) is 2.26. The Morgan fingerprint density at radius 3 is 2.85 bits per heavy atom. The van der Waals surface area contributed by atoms with E-state index < -0.39 is 0 Å². The third kappa shape index (κ3) is 2.49. The molecule has 0 spiro atoms. The molecule has 4 nitrogen and oxygen atoms in total. The lowest BCUT2D eigenvalue weighted by Crippen LogP contribution is -2.38. The van der Waals surface area contributed by atoms with E-state index in [0.717, 1.165) is 12.1 Å². The average molecular weight is 270 g/mol. The van der Waals surface area contributed by atoms with Crippen molar-refractivity contribution in [2.75, 3.05) is 13.2 Å². The number of nitrogens with zero attached hydrogens (tertiary/aromatic N) is 1. The molecule has 2 heterocycles. The van der Waals surface area contributed by atoms with Gasteiger partial charge < -0.3 is 14.8 Å². The van der Waals surface area contributed by atoms with Gasteiger partial charge in [0, 0.05) is 24.0 Å².